The van der Waals surface area contributed by atoms with Crippen molar-refractivity contribution in [3.63, 3.8) is 0 Å². The normalized spacial score (nSPS) is 26.9. The van der Waals surface area contributed by atoms with E-state index >= 15 is 0 Å². The zero-order valence-electron chi connectivity index (χ0n) is 9.97. The monoisotopic (exact) mass is 219 g/mol. The van der Waals surface area contributed by atoms with Crippen LogP contribution >= 0.6 is 0 Å². The number of piperidine rings is 1. The van der Waals surface area contributed by atoms with Crippen LogP contribution in [0.3, 0.4) is 0 Å². The minimum Gasteiger partial charge on any atom is -0.393 e. The van der Waals surface area contributed by atoms with Crippen LogP contribution in [0, 0.1) is 5.92 Å². The van der Waals surface area contributed by atoms with Crippen LogP contribution in [0.5, 0.6) is 0 Å². The van der Waals surface area contributed by atoms with E-state index < -0.39 is 0 Å². The van der Waals surface area contributed by atoms with Crippen molar-refractivity contribution in [1.29, 1.82) is 0 Å². The van der Waals surface area contributed by atoms with Crippen molar-refractivity contribution in [3.05, 3.63) is 35.9 Å². The molecule has 1 aliphatic heterocycles. The molecule has 1 aromatic carbocycles. The summed E-state index contributed by atoms with van der Waals surface area (Å²) in [6.45, 7) is 5.24. The van der Waals surface area contributed by atoms with Gasteiger partial charge in [-0.1, -0.05) is 37.3 Å². The Hall–Kier alpha value is -0.860. The van der Waals surface area contributed by atoms with Gasteiger partial charge in [0.05, 0.1) is 6.10 Å². The molecule has 0 aliphatic carbocycles. The first kappa shape index (κ1) is 11.6. The first-order valence-electron chi connectivity index (χ1n) is 6.24. The third-order valence-electron chi connectivity index (χ3n) is 3.55. The van der Waals surface area contributed by atoms with Crippen LogP contribution in [0.4, 0.5) is 0 Å². The fraction of sp³-hybridized carbons (Fsp3) is 0.571. The quantitative estimate of drug-likeness (QED) is 0.843. The van der Waals surface area contributed by atoms with Gasteiger partial charge in [0.2, 0.25) is 0 Å². The largest absolute Gasteiger partial charge is 0.393 e. The minimum absolute atomic E-state index is 0.0861. The maximum atomic E-state index is 9.83. The summed E-state index contributed by atoms with van der Waals surface area (Å²) < 4.78 is 0. The van der Waals surface area contributed by atoms with Crippen LogP contribution in [0.2, 0.25) is 0 Å². The van der Waals surface area contributed by atoms with Crippen molar-refractivity contribution in [3.8, 4) is 0 Å². The second-order valence-corrected chi connectivity index (χ2v) is 4.75. The third-order valence-corrected chi connectivity index (χ3v) is 3.55. The van der Waals surface area contributed by atoms with E-state index in [0.717, 1.165) is 32.5 Å². The Kier molecular flexibility index (Phi) is 3.97. The molecular weight excluding hydrogens is 198 g/mol. The average Bonchev–Trinajstić information content (AvgIpc) is 2.33. The van der Waals surface area contributed by atoms with E-state index in [9.17, 15) is 5.11 Å². The average molecular weight is 219 g/mol. The molecule has 1 fully saturated rings. The van der Waals surface area contributed by atoms with Gasteiger partial charge in [0.15, 0.2) is 0 Å². The van der Waals surface area contributed by atoms with Crippen molar-refractivity contribution in [1.82, 2.24) is 4.90 Å². The lowest BCUT2D eigenvalue weighted by molar-refractivity contribution is 0.0222. The Balaban J connectivity index is 1.92. The lowest BCUT2D eigenvalue weighted by Crippen LogP contribution is -2.42. The minimum atomic E-state index is -0.0861. The molecular formula is C14H21NO. The highest BCUT2D eigenvalue weighted by Crippen LogP contribution is 2.21. The van der Waals surface area contributed by atoms with E-state index in [2.05, 4.69) is 42.2 Å². The number of hydrogen-bond donors (Lipinski definition) is 1. The van der Waals surface area contributed by atoms with Gasteiger partial charge >= 0.3 is 0 Å². The molecule has 1 heterocycles. The smallest absolute Gasteiger partial charge is 0.0592 e. The SMILES string of the molecule is CC[C@@H]1CN(Cc2ccccc2)CC[C@H]1O. The first-order valence-corrected chi connectivity index (χ1v) is 6.24. The Labute approximate surface area is 97.9 Å². The fourth-order valence-corrected chi connectivity index (χ4v) is 2.48. The van der Waals surface area contributed by atoms with E-state index in [1.165, 1.54) is 5.56 Å². The second kappa shape index (κ2) is 5.46. The molecule has 1 N–H and O–H groups in total. The summed E-state index contributed by atoms with van der Waals surface area (Å²) in [4.78, 5) is 2.45. The molecule has 0 unspecified atom stereocenters. The highest BCUT2D eigenvalue weighted by Gasteiger charge is 2.25. The highest BCUT2D eigenvalue weighted by molar-refractivity contribution is 5.14. The van der Waals surface area contributed by atoms with Crippen LogP contribution in [0.25, 0.3) is 0 Å². The fourth-order valence-electron chi connectivity index (χ4n) is 2.48. The number of benzene rings is 1. The highest BCUT2D eigenvalue weighted by atomic mass is 16.3. The molecule has 2 atom stereocenters. The number of aliphatic hydroxyl groups is 1. The molecule has 0 saturated carbocycles. The lowest BCUT2D eigenvalue weighted by Gasteiger charge is -2.35. The van der Waals surface area contributed by atoms with Gasteiger partial charge in [-0.25, -0.2) is 0 Å². The molecule has 1 aliphatic rings. The Bertz CT molecular complexity index is 312. The third kappa shape index (κ3) is 2.83. The molecule has 1 aromatic rings. The summed E-state index contributed by atoms with van der Waals surface area (Å²) in [7, 11) is 0. The van der Waals surface area contributed by atoms with Crippen molar-refractivity contribution < 1.29 is 5.11 Å². The van der Waals surface area contributed by atoms with Crippen molar-refractivity contribution in [2.24, 2.45) is 5.92 Å². The zero-order chi connectivity index (χ0) is 11.4. The summed E-state index contributed by atoms with van der Waals surface area (Å²) >= 11 is 0. The molecule has 88 valence electrons. The first-order chi connectivity index (χ1) is 7.79. The van der Waals surface area contributed by atoms with E-state index in [-0.39, 0.29) is 6.10 Å². The van der Waals surface area contributed by atoms with Gasteiger partial charge in [-0.3, -0.25) is 4.90 Å². The van der Waals surface area contributed by atoms with Crippen molar-refractivity contribution >= 4 is 0 Å². The second-order valence-electron chi connectivity index (χ2n) is 4.75. The molecule has 0 radical (unpaired) electrons. The van der Waals surface area contributed by atoms with Gasteiger partial charge in [-0.15, -0.1) is 0 Å². The lowest BCUT2D eigenvalue weighted by atomic mass is 9.92. The summed E-state index contributed by atoms with van der Waals surface area (Å²) in [6.07, 6.45) is 1.91. The topological polar surface area (TPSA) is 23.5 Å². The van der Waals surface area contributed by atoms with Crippen LogP contribution in [-0.4, -0.2) is 29.2 Å². The van der Waals surface area contributed by atoms with Crippen LogP contribution in [0.1, 0.15) is 25.3 Å². The van der Waals surface area contributed by atoms with Crippen molar-refractivity contribution in [2.75, 3.05) is 13.1 Å². The van der Waals surface area contributed by atoms with Gasteiger partial charge in [0.25, 0.3) is 0 Å². The van der Waals surface area contributed by atoms with E-state index in [0.29, 0.717) is 5.92 Å². The number of aliphatic hydroxyl groups excluding tert-OH is 1. The van der Waals surface area contributed by atoms with Gasteiger partial charge < -0.3 is 5.11 Å². The van der Waals surface area contributed by atoms with Crippen LogP contribution < -0.4 is 0 Å². The Morgan fingerprint density at radius 3 is 2.75 bits per heavy atom. The molecule has 2 nitrogen and oxygen atoms in total. The van der Waals surface area contributed by atoms with Gasteiger partial charge in [0, 0.05) is 19.6 Å². The maximum absolute atomic E-state index is 9.83. The molecule has 0 amide bonds. The van der Waals surface area contributed by atoms with Gasteiger partial charge in [0.1, 0.15) is 0 Å². The summed E-state index contributed by atoms with van der Waals surface area (Å²) in [5, 5.41) is 9.83. The van der Waals surface area contributed by atoms with E-state index in [1.54, 1.807) is 0 Å². The van der Waals surface area contributed by atoms with Crippen molar-refractivity contribution in [2.45, 2.75) is 32.4 Å². The predicted molar refractivity (Wildman–Crippen MR) is 66.1 cm³/mol. The van der Waals surface area contributed by atoms with Gasteiger partial charge in [-0.2, -0.15) is 0 Å². The molecule has 0 aromatic heterocycles. The number of likely N-dealkylation sites (tertiary alicyclic amines) is 1. The summed E-state index contributed by atoms with van der Waals surface area (Å²) in [6, 6.07) is 10.6. The van der Waals surface area contributed by atoms with E-state index in [4.69, 9.17) is 0 Å². The maximum Gasteiger partial charge on any atom is 0.0592 e. The van der Waals surface area contributed by atoms with Crippen LogP contribution in [0.15, 0.2) is 30.3 Å². The standard InChI is InChI=1S/C14H21NO/c1-2-13-11-15(9-8-14(13)16)10-12-6-4-3-5-7-12/h3-7,13-14,16H,2,8-11H2,1H3/t13-,14-/m1/s1. The Morgan fingerprint density at radius 1 is 1.31 bits per heavy atom. The molecule has 1 saturated heterocycles. The molecule has 2 rings (SSSR count). The predicted octanol–water partition coefficient (Wildman–Crippen LogP) is 2.28. The summed E-state index contributed by atoms with van der Waals surface area (Å²) in [5.41, 5.74) is 1.37. The molecule has 16 heavy (non-hydrogen) atoms. The van der Waals surface area contributed by atoms with Gasteiger partial charge in [-0.05, 0) is 24.3 Å². The van der Waals surface area contributed by atoms with Crippen LogP contribution in [-0.2, 0) is 6.54 Å². The number of nitrogens with zero attached hydrogens (tertiary/aromatic N) is 1. The summed E-state index contributed by atoms with van der Waals surface area (Å²) in [5.74, 6) is 0.456. The number of rotatable bonds is 3. The Morgan fingerprint density at radius 2 is 2.06 bits per heavy atom. The molecule has 2 heteroatoms. The number of hydrogen-bond acceptors (Lipinski definition) is 2. The van der Waals surface area contributed by atoms with E-state index in [1.807, 2.05) is 0 Å². The zero-order valence-corrected chi connectivity index (χ0v) is 9.97. The molecule has 0 spiro atoms. The molecule has 0 bridgehead atoms.